The van der Waals surface area contributed by atoms with Gasteiger partial charge in [0.2, 0.25) is 10.0 Å². The highest BCUT2D eigenvalue weighted by molar-refractivity contribution is 7.89. The van der Waals surface area contributed by atoms with Gasteiger partial charge in [0.05, 0.1) is 10.5 Å². The highest BCUT2D eigenvalue weighted by Crippen LogP contribution is 2.37. The third-order valence-corrected chi connectivity index (χ3v) is 5.84. The summed E-state index contributed by atoms with van der Waals surface area (Å²) in [6.07, 6.45) is -4.70. The number of alkyl halides is 3. The van der Waals surface area contributed by atoms with Crippen LogP contribution in [-0.2, 0) is 20.8 Å². The maximum absolute atomic E-state index is 13.3. The summed E-state index contributed by atoms with van der Waals surface area (Å²) >= 11 is 0. The summed E-state index contributed by atoms with van der Waals surface area (Å²) in [5.41, 5.74) is -3.18. The Hall–Kier alpha value is -1.72. The van der Waals surface area contributed by atoms with Gasteiger partial charge in [-0.1, -0.05) is 6.92 Å². The van der Waals surface area contributed by atoms with Crippen molar-refractivity contribution in [1.29, 1.82) is 0 Å². The minimum atomic E-state index is -5.04. The van der Waals surface area contributed by atoms with Gasteiger partial charge in [-0.3, -0.25) is 9.36 Å². The fourth-order valence-electron chi connectivity index (χ4n) is 2.20. The van der Waals surface area contributed by atoms with Gasteiger partial charge in [0, 0.05) is 17.4 Å². The number of aromatic nitrogens is 1. The Labute approximate surface area is 145 Å². The van der Waals surface area contributed by atoms with E-state index in [2.05, 4.69) is 0 Å². The van der Waals surface area contributed by atoms with Crippen LogP contribution >= 0.6 is 7.60 Å². The van der Waals surface area contributed by atoms with Crippen LogP contribution in [0.2, 0.25) is 0 Å². The van der Waals surface area contributed by atoms with Crippen LogP contribution in [0.3, 0.4) is 0 Å². The lowest BCUT2D eigenvalue weighted by molar-refractivity contribution is -0.139. The quantitative estimate of drug-likeness (QED) is 0.540. The van der Waals surface area contributed by atoms with Crippen LogP contribution in [0, 0.1) is 0 Å². The van der Waals surface area contributed by atoms with Gasteiger partial charge in [0.15, 0.2) is 0 Å². The number of sulfonamides is 1. The molecule has 0 aliphatic rings. The third kappa shape index (κ3) is 4.15. The van der Waals surface area contributed by atoms with Crippen LogP contribution in [0.25, 0.3) is 10.9 Å². The van der Waals surface area contributed by atoms with Crippen LogP contribution < -0.4 is 15.6 Å². The summed E-state index contributed by atoms with van der Waals surface area (Å²) in [4.78, 5) is 30.8. The number of hydrogen-bond acceptors (Lipinski definition) is 4. The molecule has 2 aromatic rings. The monoisotopic (exact) mass is 414 g/mol. The molecule has 1 aromatic carbocycles. The first-order valence-corrected chi connectivity index (χ1v) is 10.2. The minimum absolute atomic E-state index is 0.100. The average molecular weight is 414 g/mol. The molecule has 1 aromatic heterocycles. The third-order valence-electron chi connectivity index (χ3n) is 3.38. The molecule has 0 bridgehead atoms. The summed E-state index contributed by atoms with van der Waals surface area (Å²) in [6, 6.07) is 1.71. The molecular formula is C13H14F3N2O6PS. The van der Waals surface area contributed by atoms with Gasteiger partial charge in [-0.15, -0.1) is 0 Å². The van der Waals surface area contributed by atoms with Crippen molar-refractivity contribution in [3.05, 3.63) is 34.1 Å². The number of nitrogens with one attached hydrogen (secondary N) is 2. The molecule has 13 heteroatoms. The van der Waals surface area contributed by atoms with E-state index in [0.717, 1.165) is 0 Å². The van der Waals surface area contributed by atoms with Gasteiger partial charge < -0.3 is 14.8 Å². The second-order valence-corrected chi connectivity index (χ2v) is 8.66. The standard InChI is InChI=1S/C13H14F3N2O6PS/c1-2-3-17-26(23,24)11-5-7-4-10(25(20,21)22)12(19)18-9(7)6-8(11)13(14,15)16/h4-6,17H,2-3H2,1H3,(H,18,19)(H2,20,21,22). The van der Waals surface area contributed by atoms with Crippen molar-refractivity contribution < 1.29 is 35.9 Å². The van der Waals surface area contributed by atoms with Crippen molar-refractivity contribution in [2.75, 3.05) is 6.54 Å². The van der Waals surface area contributed by atoms with Crippen LogP contribution in [-0.4, -0.2) is 29.7 Å². The highest BCUT2D eigenvalue weighted by atomic mass is 32.2. The van der Waals surface area contributed by atoms with Crippen molar-refractivity contribution in [1.82, 2.24) is 9.71 Å². The average Bonchev–Trinajstić information content (AvgIpc) is 2.49. The van der Waals surface area contributed by atoms with Crippen LogP contribution in [0.15, 0.2) is 27.9 Å². The molecular weight excluding hydrogens is 400 g/mol. The Morgan fingerprint density at radius 3 is 2.35 bits per heavy atom. The SMILES string of the molecule is CCCNS(=O)(=O)c1cc2cc(P(=O)(O)O)c(=O)[nH]c2cc1C(F)(F)F. The number of hydrogen-bond donors (Lipinski definition) is 4. The Kier molecular flexibility index (Phi) is 5.37. The van der Waals surface area contributed by atoms with E-state index in [1.807, 2.05) is 9.71 Å². The maximum atomic E-state index is 13.3. The fourth-order valence-corrected chi connectivity index (χ4v) is 4.20. The zero-order chi connectivity index (χ0) is 19.9. The number of benzene rings is 1. The van der Waals surface area contributed by atoms with Crippen molar-refractivity contribution in [3.63, 3.8) is 0 Å². The van der Waals surface area contributed by atoms with Crippen molar-refractivity contribution in [2.45, 2.75) is 24.4 Å². The molecule has 0 saturated carbocycles. The van der Waals surface area contributed by atoms with E-state index in [0.29, 0.717) is 24.6 Å². The molecule has 4 N–H and O–H groups in total. The van der Waals surface area contributed by atoms with Crippen molar-refractivity contribution in [3.8, 4) is 0 Å². The molecule has 0 amide bonds. The molecule has 0 unspecified atom stereocenters. The van der Waals surface area contributed by atoms with Gasteiger partial charge in [-0.05, 0) is 24.6 Å². The van der Waals surface area contributed by atoms with Gasteiger partial charge in [0.1, 0.15) is 5.30 Å². The first-order chi connectivity index (χ1) is 11.8. The van der Waals surface area contributed by atoms with Gasteiger partial charge in [0.25, 0.3) is 5.56 Å². The molecule has 2 rings (SSSR count). The molecule has 0 saturated heterocycles. The summed E-state index contributed by atoms with van der Waals surface area (Å²) in [5.74, 6) is 0. The number of rotatable bonds is 5. The molecule has 0 atom stereocenters. The predicted octanol–water partition coefficient (Wildman–Crippen LogP) is 1.04. The molecule has 8 nitrogen and oxygen atoms in total. The lowest BCUT2D eigenvalue weighted by Crippen LogP contribution is -2.29. The zero-order valence-electron chi connectivity index (χ0n) is 13.2. The van der Waals surface area contributed by atoms with Crippen LogP contribution in [0.1, 0.15) is 18.9 Å². The van der Waals surface area contributed by atoms with Gasteiger partial charge >= 0.3 is 13.8 Å². The van der Waals surface area contributed by atoms with Crippen molar-refractivity contribution in [2.24, 2.45) is 0 Å². The lowest BCUT2D eigenvalue weighted by atomic mass is 10.1. The molecule has 0 spiro atoms. The Balaban J connectivity index is 2.87. The normalized spacial score (nSPS) is 13.3. The van der Waals surface area contributed by atoms with E-state index >= 15 is 0 Å². The molecule has 1 heterocycles. The second kappa shape index (κ2) is 6.78. The summed E-state index contributed by atoms with van der Waals surface area (Å²) in [5, 5.41) is -1.25. The first kappa shape index (κ1) is 20.6. The van der Waals surface area contributed by atoms with E-state index in [9.17, 15) is 30.9 Å². The maximum Gasteiger partial charge on any atom is 0.417 e. The molecule has 0 radical (unpaired) electrons. The Bertz CT molecular complexity index is 1060. The topological polar surface area (TPSA) is 137 Å². The Morgan fingerprint density at radius 1 is 1.23 bits per heavy atom. The van der Waals surface area contributed by atoms with Crippen LogP contribution in [0.5, 0.6) is 0 Å². The highest BCUT2D eigenvalue weighted by Gasteiger charge is 2.38. The predicted molar refractivity (Wildman–Crippen MR) is 86.7 cm³/mol. The fraction of sp³-hybridized carbons (Fsp3) is 0.308. The van der Waals surface area contributed by atoms with Crippen LogP contribution in [0.4, 0.5) is 13.2 Å². The van der Waals surface area contributed by atoms with E-state index < -0.39 is 50.6 Å². The van der Waals surface area contributed by atoms with Crippen molar-refractivity contribution >= 4 is 33.8 Å². The number of H-pyrrole nitrogens is 1. The molecule has 0 aliphatic heterocycles. The van der Waals surface area contributed by atoms with E-state index in [4.69, 9.17) is 9.79 Å². The summed E-state index contributed by atoms with van der Waals surface area (Å²) in [7, 11) is -9.55. The largest absolute Gasteiger partial charge is 0.417 e. The summed E-state index contributed by atoms with van der Waals surface area (Å²) in [6.45, 7) is 1.52. The number of fused-ring (bicyclic) bond motifs is 1. The number of pyridine rings is 1. The molecule has 144 valence electrons. The molecule has 0 aliphatic carbocycles. The number of halogens is 3. The molecule has 26 heavy (non-hydrogen) atoms. The van der Waals surface area contributed by atoms with E-state index in [-0.39, 0.29) is 11.9 Å². The van der Waals surface area contributed by atoms with E-state index in [1.165, 1.54) is 0 Å². The zero-order valence-corrected chi connectivity index (χ0v) is 14.9. The number of aromatic amines is 1. The van der Waals surface area contributed by atoms with Gasteiger partial charge in [-0.2, -0.15) is 13.2 Å². The summed E-state index contributed by atoms with van der Waals surface area (Å²) < 4.78 is 77.6. The lowest BCUT2D eigenvalue weighted by Gasteiger charge is -2.15. The van der Waals surface area contributed by atoms with Gasteiger partial charge in [-0.25, -0.2) is 13.1 Å². The smallest absolute Gasteiger partial charge is 0.321 e. The first-order valence-electron chi connectivity index (χ1n) is 7.11. The molecule has 0 fully saturated rings. The second-order valence-electron chi connectivity index (χ2n) is 5.36. The van der Waals surface area contributed by atoms with E-state index in [1.54, 1.807) is 6.92 Å². The Morgan fingerprint density at radius 2 is 1.85 bits per heavy atom. The minimum Gasteiger partial charge on any atom is -0.321 e.